The number of ether oxygens (including phenoxy) is 1. The molecule has 0 radical (unpaired) electrons. The Morgan fingerprint density at radius 3 is 2.63 bits per heavy atom. The van der Waals surface area contributed by atoms with Crippen LogP contribution in [0, 0.1) is 5.92 Å². The number of H-pyrrole nitrogens is 1. The molecule has 1 fully saturated rings. The molecule has 1 saturated carbocycles. The van der Waals surface area contributed by atoms with Gasteiger partial charge in [-0.25, -0.2) is 0 Å². The zero-order valence-electron chi connectivity index (χ0n) is 18.2. The zero-order chi connectivity index (χ0) is 21.9. The van der Waals surface area contributed by atoms with E-state index in [9.17, 15) is 14.7 Å². The van der Waals surface area contributed by atoms with Gasteiger partial charge in [-0.2, -0.15) is 0 Å². The van der Waals surface area contributed by atoms with E-state index in [4.69, 9.17) is 4.74 Å². The van der Waals surface area contributed by atoms with Crippen LogP contribution in [-0.2, 0) is 5.41 Å². The van der Waals surface area contributed by atoms with Crippen molar-refractivity contribution >= 4 is 5.91 Å². The number of aliphatic hydroxyl groups is 1. The minimum atomic E-state index is -0.295. The van der Waals surface area contributed by atoms with Crippen LogP contribution in [0.3, 0.4) is 0 Å². The first-order valence-corrected chi connectivity index (χ1v) is 10.6. The maximum Gasteiger partial charge on any atom is 0.255 e. The largest absolute Gasteiger partial charge is 0.496 e. The van der Waals surface area contributed by atoms with E-state index in [0.717, 1.165) is 31.2 Å². The quantitative estimate of drug-likeness (QED) is 0.699. The summed E-state index contributed by atoms with van der Waals surface area (Å²) in [6, 6.07) is 7.10. The lowest BCUT2D eigenvalue weighted by atomic mass is 9.82. The fourth-order valence-electron chi connectivity index (χ4n) is 4.24. The van der Waals surface area contributed by atoms with Gasteiger partial charge in [-0.15, -0.1) is 0 Å². The highest BCUT2D eigenvalue weighted by Crippen LogP contribution is 2.38. The summed E-state index contributed by atoms with van der Waals surface area (Å²) in [5.74, 6) is 0.348. The average Bonchev–Trinajstić information content (AvgIpc) is 2.72. The van der Waals surface area contributed by atoms with Crippen LogP contribution < -0.4 is 15.6 Å². The second-order valence-electron chi connectivity index (χ2n) is 9.07. The minimum Gasteiger partial charge on any atom is -0.496 e. The van der Waals surface area contributed by atoms with Crippen molar-refractivity contribution in [3.8, 4) is 16.9 Å². The van der Waals surface area contributed by atoms with E-state index in [0.29, 0.717) is 22.4 Å². The smallest absolute Gasteiger partial charge is 0.255 e. The van der Waals surface area contributed by atoms with Gasteiger partial charge < -0.3 is 20.1 Å². The standard InChI is InChI=1S/C24H32N2O4/c1-24(2,3)19-13-16(17-9-7-11-25-22(17)28)12-18(21(19)30-4)23(29)26-20-10-6-5-8-15(20)14-27/h7,9,11-13,15,20,27H,5-6,8,10,14H2,1-4H3,(H,25,28)(H,26,29). The Morgan fingerprint density at radius 2 is 2.00 bits per heavy atom. The van der Waals surface area contributed by atoms with Gasteiger partial charge in [0.05, 0.1) is 12.7 Å². The Hall–Kier alpha value is -2.60. The number of methoxy groups -OCH3 is 1. The van der Waals surface area contributed by atoms with Gasteiger partial charge in [-0.1, -0.05) is 33.6 Å². The topological polar surface area (TPSA) is 91.4 Å². The molecule has 6 nitrogen and oxygen atoms in total. The third-order valence-corrected chi connectivity index (χ3v) is 5.93. The van der Waals surface area contributed by atoms with Gasteiger partial charge in [0, 0.05) is 35.9 Å². The Balaban J connectivity index is 2.10. The van der Waals surface area contributed by atoms with E-state index in [1.807, 2.05) is 6.07 Å². The van der Waals surface area contributed by atoms with Gasteiger partial charge in [0.1, 0.15) is 5.75 Å². The number of aromatic amines is 1. The normalized spacial score (nSPS) is 19.4. The summed E-state index contributed by atoms with van der Waals surface area (Å²) < 4.78 is 5.69. The van der Waals surface area contributed by atoms with Crippen molar-refractivity contribution in [3.05, 3.63) is 51.9 Å². The van der Waals surface area contributed by atoms with Crippen LogP contribution in [0.15, 0.2) is 35.3 Å². The highest BCUT2D eigenvalue weighted by molar-refractivity contribution is 5.99. The molecule has 0 saturated heterocycles. The predicted octanol–water partition coefficient (Wildman–Crippen LogP) is 3.63. The Bertz CT molecular complexity index is 958. The fraction of sp³-hybridized carbons (Fsp3) is 0.500. The van der Waals surface area contributed by atoms with Crippen molar-refractivity contribution in [2.75, 3.05) is 13.7 Å². The van der Waals surface area contributed by atoms with Crippen LogP contribution in [0.1, 0.15) is 62.4 Å². The van der Waals surface area contributed by atoms with Crippen LogP contribution in [0.4, 0.5) is 0 Å². The predicted molar refractivity (Wildman–Crippen MR) is 118 cm³/mol. The molecular weight excluding hydrogens is 380 g/mol. The van der Waals surface area contributed by atoms with Crippen LogP contribution in [0.25, 0.3) is 11.1 Å². The van der Waals surface area contributed by atoms with Crippen molar-refractivity contribution in [2.45, 2.75) is 57.9 Å². The SMILES string of the molecule is COc1c(C(=O)NC2CCCCC2CO)cc(-c2ccc[nH]c2=O)cc1C(C)(C)C. The highest BCUT2D eigenvalue weighted by atomic mass is 16.5. The molecule has 3 N–H and O–H groups in total. The number of carbonyl (C=O) groups is 1. The zero-order valence-corrected chi connectivity index (χ0v) is 18.2. The Morgan fingerprint density at radius 1 is 1.27 bits per heavy atom. The number of pyridine rings is 1. The number of carbonyl (C=O) groups excluding carboxylic acids is 1. The number of amides is 1. The molecule has 0 aliphatic heterocycles. The minimum absolute atomic E-state index is 0.0642. The van der Waals surface area contributed by atoms with E-state index >= 15 is 0 Å². The number of benzene rings is 1. The summed E-state index contributed by atoms with van der Waals surface area (Å²) in [6.45, 7) is 6.21. The lowest BCUT2D eigenvalue weighted by Gasteiger charge is -2.31. The van der Waals surface area contributed by atoms with E-state index in [1.165, 1.54) is 0 Å². The van der Waals surface area contributed by atoms with Crippen LogP contribution in [-0.4, -0.2) is 35.8 Å². The van der Waals surface area contributed by atoms with Gasteiger partial charge in [0.2, 0.25) is 0 Å². The molecule has 3 rings (SSSR count). The summed E-state index contributed by atoms with van der Waals surface area (Å²) in [4.78, 5) is 28.4. The van der Waals surface area contributed by atoms with Crippen LogP contribution in [0.5, 0.6) is 5.75 Å². The molecule has 0 bridgehead atoms. The van der Waals surface area contributed by atoms with Gasteiger partial charge in [0.15, 0.2) is 0 Å². The van der Waals surface area contributed by atoms with Crippen molar-refractivity contribution in [1.82, 2.24) is 10.3 Å². The first-order chi connectivity index (χ1) is 14.3. The van der Waals surface area contributed by atoms with Crippen molar-refractivity contribution in [3.63, 3.8) is 0 Å². The lowest BCUT2D eigenvalue weighted by molar-refractivity contribution is 0.0869. The van der Waals surface area contributed by atoms with Crippen molar-refractivity contribution in [2.24, 2.45) is 5.92 Å². The third kappa shape index (κ3) is 4.59. The summed E-state index contributed by atoms with van der Waals surface area (Å²) >= 11 is 0. The van der Waals surface area contributed by atoms with E-state index in [1.54, 1.807) is 31.5 Å². The molecule has 162 valence electrons. The van der Waals surface area contributed by atoms with Crippen molar-refractivity contribution < 1.29 is 14.6 Å². The summed E-state index contributed by atoms with van der Waals surface area (Å²) in [5.41, 5.74) is 1.95. The second-order valence-corrected chi connectivity index (χ2v) is 9.07. The molecule has 1 aliphatic carbocycles. The number of nitrogens with one attached hydrogen (secondary N) is 2. The van der Waals surface area contributed by atoms with E-state index in [2.05, 4.69) is 31.1 Å². The molecule has 2 atom stereocenters. The maximum atomic E-state index is 13.3. The van der Waals surface area contributed by atoms with Crippen LogP contribution in [0.2, 0.25) is 0 Å². The first kappa shape index (κ1) is 22.1. The Labute approximate surface area is 177 Å². The van der Waals surface area contributed by atoms with E-state index < -0.39 is 0 Å². The third-order valence-electron chi connectivity index (χ3n) is 5.93. The molecule has 1 aromatic heterocycles. The molecule has 1 aliphatic rings. The molecule has 2 aromatic rings. The summed E-state index contributed by atoms with van der Waals surface area (Å²) in [5, 5.41) is 12.8. The van der Waals surface area contributed by atoms with Crippen molar-refractivity contribution in [1.29, 1.82) is 0 Å². The molecular formula is C24H32N2O4. The Kier molecular flexibility index (Phi) is 6.66. The second kappa shape index (κ2) is 9.04. The molecule has 0 spiro atoms. The highest BCUT2D eigenvalue weighted by Gasteiger charge is 2.30. The van der Waals surface area contributed by atoms with Gasteiger partial charge >= 0.3 is 0 Å². The molecule has 1 amide bonds. The van der Waals surface area contributed by atoms with Crippen LogP contribution >= 0.6 is 0 Å². The first-order valence-electron chi connectivity index (χ1n) is 10.6. The fourth-order valence-corrected chi connectivity index (χ4v) is 4.24. The maximum absolute atomic E-state index is 13.3. The number of aromatic nitrogens is 1. The number of hydrogen-bond donors (Lipinski definition) is 3. The summed E-state index contributed by atoms with van der Waals surface area (Å²) in [6.07, 6.45) is 5.45. The molecule has 1 aromatic carbocycles. The number of aliphatic hydroxyl groups excluding tert-OH is 1. The van der Waals surface area contributed by atoms with Gasteiger partial charge in [0.25, 0.3) is 11.5 Å². The number of hydrogen-bond acceptors (Lipinski definition) is 4. The monoisotopic (exact) mass is 412 g/mol. The molecule has 2 unspecified atom stereocenters. The lowest BCUT2D eigenvalue weighted by Crippen LogP contribution is -2.43. The number of rotatable bonds is 5. The van der Waals surface area contributed by atoms with Gasteiger partial charge in [-0.05, 0) is 48.1 Å². The molecule has 6 heteroatoms. The molecule has 1 heterocycles. The average molecular weight is 413 g/mol. The summed E-state index contributed by atoms with van der Waals surface area (Å²) in [7, 11) is 1.56. The molecule has 30 heavy (non-hydrogen) atoms. The van der Waals surface area contributed by atoms with Gasteiger partial charge in [-0.3, -0.25) is 9.59 Å². The van der Waals surface area contributed by atoms with E-state index in [-0.39, 0.29) is 35.4 Å².